The van der Waals surface area contributed by atoms with Gasteiger partial charge in [-0.3, -0.25) is 9.78 Å². The van der Waals surface area contributed by atoms with Crippen molar-refractivity contribution >= 4 is 38.4 Å². The fraction of sp³-hybridized carbons (Fsp3) is 0.238. The molecule has 8 heteroatoms. The minimum Gasteiger partial charge on any atom is -0.453 e. The van der Waals surface area contributed by atoms with Crippen LogP contribution in [0.3, 0.4) is 0 Å². The van der Waals surface area contributed by atoms with Crippen molar-refractivity contribution in [3.63, 3.8) is 0 Å². The first kappa shape index (κ1) is 18.1. The van der Waals surface area contributed by atoms with E-state index in [2.05, 4.69) is 9.97 Å². The molecule has 148 valence electrons. The Morgan fingerprint density at radius 2 is 2.21 bits per heavy atom. The first-order valence-electron chi connectivity index (χ1n) is 9.28. The number of likely N-dealkylation sites (tertiary alicyclic amines) is 1. The zero-order chi connectivity index (χ0) is 20.0. The first-order chi connectivity index (χ1) is 14.1. The fourth-order valence-electron chi connectivity index (χ4n) is 3.64. The molecule has 4 aromatic rings. The Hall–Kier alpha value is -2.97. The van der Waals surface area contributed by atoms with Crippen molar-refractivity contribution in [2.45, 2.75) is 12.5 Å². The van der Waals surface area contributed by atoms with E-state index in [1.54, 1.807) is 54.7 Å². The molecule has 1 aromatic carbocycles. The van der Waals surface area contributed by atoms with Crippen molar-refractivity contribution in [2.24, 2.45) is 0 Å². The van der Waals surface area contributed by atoms with Gasteiger partial charge in [-0.25, -0.2) is 4.39 Å². The van der Waals surface area contributed by atoms with Crippen LogP contribution in [-0.2, 0) is 4.74 Å². The van der Waals surface area contributed by atoms with Crippen molar-refractivity contribution in [1.82, 2.24) is 14.9 Å². The maximum Gasteiger partial charge on any atom is 0.264 e. The summed E-state index contributed by atoms with van der Waals surface area (Å²) in [5.74, 6) is 0.139. The molecule has 5 rings (SSSR count). The molecule has 1 saturated heterocycles. The molecule has 0 aliphatic carbocycles. The van der Waals surface area contributed by atoms with E-state index in [1.807, 2.05) is 0 Å². The summed E-state index contributed by atoms with van der Waals surface area (Å²) in [5, 5.41) is 0.469. The van der Waals surface area contributed by atoms with Crippen LogP contribution in [0.25, 0.3) is 21.1 Å². The number of halogens is 1. The first-order valence-corrected chi connectivity index (χ1v) is 10.1. The number of carbonyl (C=O) groups is 1. The average Bonchev–Trinajstić information content (AvgIpc) is 3.48. The second-order valence-corrected chi connectivity index (χ2v) is 8.00. The third kappa shape index (κ3) is 3.14. The lowest BCUT2D eigenvalue weighted by atomic mass is 10.2. The van der Waals surface area contributed by atoms with E-state index in [4.69, 9.17) is 9.47 Å². The van der Waals surface area contributed by atoms with Crippen LogP contribution in [0.1, 0.15) is 16.1 Å². The monoisotopic (exact) mass is 411 g/mol. The maximum absolute atomic E-state index is 14.8. The highest BCUT2D eigenvalue weighted by Gasteiger charge is 2.28. The summed E-state index contributed by atoms with van der Waals surface area (Å²) in [6, 6.07) is 8.49. The number of hydrogen-bond donors (Lipinski definition) is 1. The summed E-state index contributed by atoms with van der Waals surface area (Å²) in [5.41, 5.74) is 1.36. The zero-order valence-electron chi connectivity index (χ0n) is 15.6. The summed E-state index contributed by atoms with van der Waals surface area (Å²) in [6.45, 7) is 1.26. The van der Waals surface area contributed by atoms with E-state index in [0.29, 0.717) is 44.8 Å². The molecule has 4 heterocycles. The quantitative estimate of drug-likeness (QED) is 0.534. The van der Waals surface area contributed by atoms with Gasteiger partial charge in [-0.15, -0.1) is 11.3 Å². The number of rotatable bonds is 4. The standard InChI is InChI=1S/C21H18FN3O3S/c1-27-12-6-9-25(11-12)21(26)18-10-15-20(29-18)17(5-8-24-15)28-16-3-2-14-13(19(16)22)4-7-23-14/h2-5,7-8,10,12,23H,6,9,11H2,1H3. The van der Waals surface area contributed by atoms with Crippen LogP contribution in [0.15, 0.2) is 42.7 Å². The predicted molar refractivity (Wildman–Crippen MR) is 109 cm³/mol. The van der Waals surface area contributed by atoms with Crippen LogP contribution in [0.2, 0.25) is 0 Å². The van der Waals surface area contributed by atoms with Crippen LogP contribution in [0, 0.1) is 5.82 Å². The predicted octanol–water partition coefficient (Wildman–Crippen LogP) is 4.57. The number of H-pyrrole nitrogens is 1. The number of pyridine rings is 1. The van der Waals surface area contributed by atoms with Gasteiger partial charge in [-0.05, 0) is 30.7 Å². The lowest BCUT2D eigenvalue weighted by Crippen LogP contribution is -2.29. The molecular formula is C21H18FN3O3S. The van der Waals surface area contributed by atoms with Crippen LogP contribution >= 0.6 is 11.3 Å². The number of nitrogens with one attached hydrogen (secondary N) is 1. The molecule has 6 nitrogen and oxygen atoms in total. The third-order valence-corrected chi connectivity index (χ3v) is 6.33. The van der Waals surface area contributed by atoms with Gasteiger partial charge >= 0.3 is 0 Å². The fourth-order valence-corrected chi connectivity index (χ4v) is 4.67. The van der Waals surface area contributed by atoms with Gasteiger partial charge in [0, 0.05) is 49.6 Å². The van der Waals surface area contributed by atoms with Crippen LogP contribution in [0.4, 0.5) is 4.39 Å². The SMILES string of the molecule is COC1CCN(C(=O)c2cc3nccc(Oc4ccc5[nH]ccc5c4F)c3s2)C1. The molecule has 1 unspecified atom stereocenters. The topological polar surface area (TPSA) is 67.4 Å². The lowest BCUT2D eigenvalue weighted by Gasteiger charge is -2.14. The summed E-state index contributed by atoms with van der Waals surface area (Å²) in [7, 11) is 1.66. The van der Waals surface area contributed by atoms with E-state index in [-0.39, 0.29) is 17.8 Å². The van der Waals surface area contributed by atoms with E-state index in [0.717, 1.165) is 6.42 Å². The molecule has 0 bridgehead atoms. The Balaban J connectivity index is 1.47. The number of fused-ring (bicyclic) bond motifs is 2. The van der Waals surface area contributed by atoms with Crippen LogP contribution < -0.4 is 4.74 Å². The third-order valence-electron chi connectivity index (χ3n) is 5.21. The summed E-state index contributed by atoms with van der Waals surface area (Å²) in [6.07, 6.45) is 4.20. The van der Waals surface area contributed by atoms with Crippen LogP contribution in [0.5, 0.6) is 11.5 Å². The summed E-state index contributed by atoms with van der Waals surface area (Å²) in [4.78, 5) is 22.6. The molecule has 1 aliphatic heterocycles. The zero-order valence-corrected chi connectivity index (χ0v) is 16.5. The van der Waals surface area contributed by atoms with E-state index in [9.17, 15) is 9.18 Å². The largest absolute Gasteiger partial charge is 0.453 e. The number of carbonyl (C=O) groups excluding carboxylic acids is 1. The highest BCUT2D eigenvalue weighted by Crippen LogP contribution is 2.37. The van der Waals surface area contributed by atoms with Crippen molar-refractivity contribution < 1.29 is 18.7 Å². The number of benzene rings is 1. The van der Waals surface area contributed by atoms with E-state index >= 15 is 0 Å². The number of aromatic nitrogens is 2. The molecule has 0 radical (unpaired) electrons. The highest BCUT2D eigenvalue weighted by atomic mass is 32.1. The van der Waals surface area contributed by atoms with Gasteiger partial charge in [0.2, 0.25) is 0 Å². The Morgan fingerprint density at radius 3 is 3.03 bits per heavy atom. The second-order valence-electron chi connectivity index (χ2n) is 6.95. The molecular weight excluding hydrogens is 393 g/mol. The summed E-state index contributed by atoms with van der Waals surface area (Å²) >= 11 is 1.31. The van der Waals surface area contributed by atoms with Gasteiger partial charge in [0.05, 0.1) is 21.2 Å². The lowest BCUT2D eigenvalue weighted by molar-refractivity contribution is 0.0728. The molecule has 1 N–H and O–H groups in total. The molecule has 29 heavy (non-hydrogen) atoms. The minimum atomic E-state index is -0.427. The molecule has 0 spiro atoms. The number of thiophene rings is 1. The van der Waals surface area contributed by atoms with Gasteiger partial charge in [0.15, 0.2) is 11.6 Å². The van der Waals surface area contributed by atoms with Gasteiger partial charge < -0.3 is 19.4 Å². The van der Waals surface area contributed by atoms with Gasteiger partial charge in [0.25, 0.3) is 5.91 Å². The molecule has 1 atom stereocenters. The van der Waals surface area contributed by atoms with Gasteiger partial charge in [-0.1, -0.05) is 0 Å². The Morgan fingerprint density at radius 1 is 1.31 bits per heavy atom. The average molecular weight is 411 g/mol. The Bertz CT molecular complexity index is 1220. The number of nitrogens with zero attached hydrogens (tertiary/aromatic N) is 2. The number of ether oxygens (including phenoxy) is 2. The maximum atomic E-state index is 14.8. The van der Waals surface area contributed by atoms with E-state index < -0.39 is 5.82 Å². The van der Waals surface area contributed by atoms with Crippen molar-refractivity contribution in [2.75, 3.05) is 20.2 Å². The molecule has 0 saturated carbocycles. The van der Waals surface area contributed by atoms with Gasteiger partial charge in [-0.2, -0.15) is 0 Å². The number of methoxy groups -OCH3 is 1. The Labute approximate surface area is 169 Å². The molecule has 1 amide bonds. The minimum absolute atomic E-state index is 0.0431. The second kappa shape index (κ2) is 7.13. The number of amides is 1. The molecule has 1 aliphatic rings. The van der Waals surface area contributed by atoms with E-state index in [1.165, 1.54) is 11.3 Å². The van der Waals surface area contributed by atoms with Crippen LogP contribution in [-0.4, -0.2) is 47.1 Å². The molecule has 3 aromatic heterocycles. The van der Waals surface area contributed by atoms with Crippen molar-refractivity contribution in [3.8, 4) is 11.5 Å². The Kier molecular flexibility index (Phi) is 4.44. The number of hydrogen-bond acceptors (Lipinski definition) is 5. The summed E-state index contributed by atoms with van der Waals surface area (Å²) < 4.78 is 26.7. The van der Waals surface area contributed by atoms with Gasteiger partial charge in [0.1, 0.15) is 5.75 Å². The van der Waals surface area contributed by atoms with Crippen molar-refractivity contribution in [1.29, 1.82) is 0 Å². The smallest absolute Gasteiger partial charge is 0.264 e. The number of aromatic amines is 1. The normalized spacial score (nSPS) is 16.8. The molecule has 1 fully saturated rings. The van der Waals surface area contributed by atoms with Crippen molar-refractivity contribution in [3.05, 3.63) is 53.4 Å². The highest BCUT2D eigenvalue weighted by molar-refractivity contribution is 7.21.